The molecule has 2 aromatic heterocycles. The molecule has 0 unspecified atom stereocenters. The second-order valence-corrected chi connectivity index (χ2v) is 9.31. The monoisotopic (exact) mass is 457 g/mol. The summed E-state index contributed by atoms with van der Waals surface area (Å²) in [5, 5.41) is 12.2. The van der Waals surface area contributed by atoms with E-state index in [-0.39, 0.29) is 11.2 Å². The van der Waals surface area contributed by atoms with E-state index in [1.807, 2.05) is 44.2 Å². The molecule has 6 nitrogen and oxygen atoms in total. The van der Waals surface area contributed by atoms with E-state index in [0.29, 0.717) is 31.2 Å². The summed E-state index contributed by atoms with van der Waals surface area (Å²) < 4.78 is 6.43. The second-order valence-electron chi connectivity index (χ2n) is 6.68. The summed E-state index contributed by atoms with van der Waals surface area (Å²) in [4.78, 5) is 25.0. The molecule has 0 fully saturated rings. The van der Waals surface area contributed by atoms with Gasteiger partial charge in [0.05, 0.1) is 5.39 Å². The normalized spacial score (nSPS) is 11.0. The number of carbonyl (C=O) groups is 1. The quantitative estimate of drug-likeness (QED) is 0.316. The summed E-state index contributed by atoms with van der Waals surface area (Å²) in [6.07, 6.45) is 0. The average molecular weight is 458 g/mol. The first-order chi connectivity index (χ1) is 14.4. The lowest BCUT2D eigenvalue weighted by Crippen LogP contribution is -2.15. The first-order valence-electron chi connectivity index (χ1n) is 8.96. The molecule has 2 aromatic carbocycles. The standard InChI is InChI=1S/C21H16ClN3O3S2/c1-11-7-12(2)18-15(8-11)16(26)9-17(28-18)19(27)23-20-24-25-21(30-20)29-10-13-3-5-14(22)6-4-13/h3-9H,10H2,1-2H3,(H,23,24,27). The first kappa shape index (κ1) is 20.6. The fourth-order valence-corrected chi connectivity index (χ4v) is 4.75. The summed E-state index contributed by atoms with van der Waals surface area (Å²) in [5.41, 5.74) is 3.02. The van der Waals surface area contributed by atoms with Crippen molar-refractivity contribution in [1.82, 2.24) is 10.2 Å². The highest BCUT2D eigenvalue weighted by atomic mass is 35.5. The van der Waals surface area contributed by atoms with Crippen LogP contribution in [-0.4, -0.2) is 16.1 Å². The molecule has 0 saturated carbocycles. The third-order valence-electron chi connectivity index (χ3n) is 4.28. The number of rotatable bonds is 5. The van der Waals surface area contributed by atoms with Crippen molar-refractivity contribution in [2.45, 2.75) is 23.9 Å². The Kier molecular flexibility index (Phi) is 5.90. The van der Waals surface area contributed by atoms with Crippen LogP contribution in [0, 0.1) is 13.8 Å². The maximum Gasteiger partial charge on any atom is 0.293 e. The Morgan fingerprint density at radius 1 is 1.17 bits per heavy atom. The van der Waals surface area contributed by atoms with Gasteiger partial charge in [0.2, 0.25) is 5.13 Å². The van der Waals surface area contributed by atoms with E-state index in [2.05, 4.69) is 15.5 Å². The number of anilines is 1. The minimum atomic E-state index is -0.542. The molecule has 0 saturated heterocycles. The van der Waals surface area contributed by atoms with Crippen LogP contribution in [0.25, 0.3) is 11.0 Å². The molecule has 30 heavy (non-hydrogen) atoms. The fraction of sp³-hybridized carbons (Fsp3) is 0.143. The Hall–Kier alpha value is -2.68. The van der Waals surface area contributed by atoms with Crippen LogP contribution in [0.3, 0.4) is 0 Å². The molecule has 0 radical (unpaired) electrons. The predicted molar refractivity (Wildman–Crippen MR) is 121 cm³/mol. The molecule has 4 rings (SSSR count). The van der Waals surface area contributed by atoms with Crippen LogP contribution in [0.1, 0.15) is 27.2 Å². The van der Waals surface area contributed by atoms with Gasteiger partial charge in [0.15, 0.2) is 15.5 Å². The number of nitrogens with zero attached hydrogens (tertiary/aromatic N) is 2. The zero-order valence-corrected chi connectivity index (χ0v) is 18.5. The molecule has 0 aliphatic carbocycles. The van der Waals surface area contributed by atoms with E-state index in [4.69, 9.17) is 16.0 Å². The van der Waals surface area contributed by atoms with Gasteiger partial charge in [0.1, 0.15) is 5.58 Å². The van der Waals surface area contributed by atoms with Crippen LogP contribution >= 0.6 is 34.7 Å². The Morgan fingerprint density at radius 3 is 2.70 bits per heavy atom. The largest absolute Gasteiger partial charge is 0.450 e. The molecule has 0 spiro atoms. The van der Waals surface area contributed by atoms with E-state index in [0.717, 1.165) is 16.7 Å². The van der Waals surface area contributed by atoms with Crippen LogP contribution in [0.4, 0.5) is 5.13 Å². The summed E-state index contributed by atoms with van der Waals surface area (Å²) >= 11 is 8.66. The molecule has 0 atom stereocenters. The van der Waals surface area contributed by atoms with Crippen LogP contribution in [-0.2, 0) is 5.75 Å². The molecular weight excluding hydrogens is 442 g/mol. The van der Waals surface area contributed by atoms with Crippen molar-refractivity contribution in [2.24, 2.45) is 0 Å². The number of hydrogen-bond donors (Lipinski definition) is 1. The lowest BCUT2D eigenvalue weighted by molar-refractivity contribution is 0.0997. The number of benzene rings is 2. The van der Waals surface area contributed by atoms with Gasteiger partial charge in [-0.15, -0.1) is 10.2 Å². The van der Waals surface area contributed by atoms with E-state index in [1.54, 1.807) is 6.07 Å². The van der Waals surface area contributed by atoms with Crippen LogP contribution in [0.5, 0.6) is 0 Å². The summed E-state index contributed by atoms with van der Waals surface area (Å²) in [7, 11) is 0. The maximum absolute atomic E-state index is 12.6. The minimum absolute atomic E-state index is 0.0648. The minimum Gasteiger partial charge on any atom is -0.450 e. The molecule has 9 heteroatoms. The van der Waals surface area contributed by atoms with Crippen molar-refractivity contribution >= 4 is 56.7 Å². The topological polar surface area (TPSA) is 85.1 Å². The zero-order chi connectivity index (χ0) is 21.3. The molecule has 0 aliphatic heterocycles. The van der Waals surface area contributed by atoms with Gasteiger partial charge in [-0.2, -0.15) is 0 Å². The first-order valence-corrected chi connectivity index (χ1v) is 11.1. The second kappa shape index (κ2) is 8.59. The number of hydrogen-bond acceptors (Lipinski definition) is 7. The third kappa shape index (κ3) is 4.56. The number of halogens is 1. The summed E-state index contributed by atoms with van der Waals surface area (Å²) in [6, 6.07) is 12.4. The van der Waals surface area contributed by atoms with E-state index in [1.165, 1.54) is 29.2 Å². The predicted octanol–water partition coefficient (Wildman–Crippen LogP) is 5.46. The van der Waals surface area contributed by atoms with Gasteiger partial charge in [-0.3, -0.25) is 14.9 Å². The molecule has 152 valence electrons. The molecule has 0 bridgehead atoms. The van der Waals surface area contributed by atoms with Crippen molar-refractivity contribution in [1.29, 1.82) is 0 Å². The molecule has 1 N–H and O–H groups in total. The van der Waals surface area contributed by atoms with Gasteiger partial charge in [-0.05, 0) is 48.7 Å². The van der Waals surface area contributed by atoms with Gasteiger partial charge >= 0.3 is 0 Å². The lowest BCUT2D eigenvalue weighted by Gasteiger charge is -2.06. The Balaban J connectivity index is 1.48. The van der Waals surface area contributed by atoms with Gasteiger partial charge in [0.25, 0.3) is 5.91 Å². The Bertz CT molecular complexity index is 1300. The number of amides is 1. The Morgan fingerprint density at radius 2 is 1.93 bits per heavy atom. The van der Waals surface area contributed by atoms with Crippen LogP contribution in [0.15, 0.2) is 56.0 Å². The van der Waals surface area contributed by atoms with Gasteiger partial charge in [0, 0.05) is 16.8 Å². The number of aryl methyl sites for hydroxylation is 2. The number of carbonyl (C=O) groups excluding carboxylic acids is 1. The zero-order valence-electron chi connectivity index (χ0n) is 16.1. The fourth-order valence-electron chi connectivity index (χ4n) is 2.92. The van der Waals surface area contributed by atoms with Crippen LogP contribution in [0.2, 0.25) is 5.02 Å². The number of nitrogens with one attached hydrogen (secondary N) is 1. The SMILES string of the molecule is Cc1cc(C)c2oc(C(=O)Nc3nnc(SCc4ccc(Cl)cc4)s3)cc(=O)c2c1. The summed E-state index contributed by atoms with van der Waals surface area (Å²) in [5.74, 6) is 0.0993. The smallest absolute Gasteiger partial charge is 0.293 e. The van der Waals surface area contributed by atoms with Gasteiger partial charge in [-0.1, -0.05) is 52.9 Å². The third-order valence-corrected chi connectivity index (χ3v) is 6.58. The Labute approximate surface area is 185 Å². The molecule has 4 aromatic rings. The molecule has 2 heterocycles. The van der Waals surface area contributed by atoms with Crippen LogP contribution < -0.4 is 10.7 Å². The van der Waals surface area contributed by atoms with E-state index >= 15 is 0 Å². The molecule has 1 amide bonds. The number of aromatic nitrogens is 2. The molecular formula is C21H16ClN3O3S2. The summed E-state index contributed by atoms with van der Waals surface area (Å²) in [6.45, 7) is 3.75. The number of thioether (sulfide) groups is 1. The highest BCUT2D eigenvalue weighted by Gasteiger charge is 2.16. The van der Waals surface area contributed by atoms with Crippen molar-refractivity contribution < 1.29 is 9.21 Å². The highest BCUT2D eigenvalue weighted by molar-refractivity contribution is 8.00. The lowest BCUT2D eigenvalue weighted by atomic mass is 10.1. The van der Waals surface area contributed by atoms with E-state index < -0.39 is 5.91 Å². The van der Waals surface area contributed by atoms with Crippen molar-refractivity contribution in [3.05, 3.63) is 80.2 Å². The van der Waals surface area contributed by atoms with Gasteiger partial charge < -0.3 is 4.42 Å². The molecule has 0 aliphatic rings. The van der Waals surface area contributed by atoms with Crippen molar-refractivity contribution in [3.63, 3.8) is 0 Å². The van der Waals surface area contributed by atoms with Crippen molar-refractivity contribution in [3.8, 4) is 0 Å². The van der Waals surface area contributed by atoms with Crippen molar-refractivity contribution in [2.75, 3.05) is 5.32 Å². The highest BCUT2D eigenvalue weighted by Crippen LogP contribution is 2.29. The number of fused-ring (bicyclic) bond motifs is 1. The average Bonchev–Trinajstić information content (AvgIpc) is 3.15. The van der Waals surface area contributed by atoms with E-state index in [9.17, 15) is 9.59 Å². The van der Waals surface area contributed by atoms with Gasteiger partial charge in [-0.25, -0.2) is 0 Å². The maximum atomic E-state index is 12.6.